The third kappa shape index (κ3) is 30.5. The molecule has 0 radical (unpaired) electrons. The van der Waals surface area contributed by atoms with E-state index in [1.807, 2.05) is 84.8 Å². The first-order chi connectivity index (χ1) is 56.4. The Labute approximate surface area is 760 Å². The van der Waals surface area contributed by atoms with Gasteiger partial charge in [-0.15, -0.1) is 0 Å². The molecule has 125 heavy (non-hydrogen) atoms. The summed E-state index contributed by atoms with van der Waals surface area (Å²) in [6.45, 7) is 88.0. The molecule has 11 saturated heterocycles. The normalized spacial score (nSPS) is 27.3. The monoisotopic (exact) mass is 1760 g/mol. The van der Waals surface area contributed by atoms with Crippen molar-refractivity contribution in [3.8, 4) is 0 Å². The van der Waals surface area contributed by atoms with E-state index < -0.39 is 0 Å². The number of carbonyl (C=O) groups is 5. The zero-order valence-electron chi connectivity index (χ0n) is 86.3. The van der Waals surface area contributed by atoms with E-state index in [1.54, 1.807) is 0 Å². The molecule has 2 unspecified atom stereocenters. The lowest BCUT2D eigenvalue weighted by Crippen LogP contribution is -2.68. The number of unbranched alkanes of at least 4 members (excludes halogenated alkanes) is 2. The minimum Gasteiger partial charge on any atom is -0.497 e. The van der Waals surface area contributed by atoms with Crippen molar-refractivity contribution in [1.82, 2.24) is 75.5 Å². The van der Waals surface area contributed by atoms with Crippen LogP contribution in [0.4, 0.5) is 9.59 Å². The molecule has 0 spiro atoms. The molecule has 0 aromatic heterocycles. The summed E-state index contributed by atoms with van der Waals surface area (Å²) < 4.78 is 12.1. The molecule has 0 aliphatic carbocycles. The van der Waals surface area contributed by atoms with Crippen molar-refractivity contribution in [2.75, 3.05) is 52.9 Å². The van der Waals surface area contributed by atoms with Gasteiger partial charge in [0.2, 0.25) is 12.8 Å². The Hall–Kier alpha value is -4.03. The summed E-state index contributed by atoms with van der Waals surface area (Å²) in [6, 6.07) is 1.35. The van der Waals surface area contributed by atoms with Crippen molar-refractivity contribution in [1.29, 1.82) is 0 Å². The van der Waals surface area contributed by atoms with E-state index >= 15 is 0 Å². The van der Waals surface area contributed by atoms with Crippen molar-refractivity contribution < 1.29 is 54.1 Å². The number of piperidine rings is 7. The fourth-order valence-corrected chi connectivity index (χ4v) is 26.0. The molecule has 2 atom stereocenters. The lowest BCUT2D eigenvalue weighted by molar-refractivity contribution is -0.257. The van der Waals surface area contributed by atoms with E-state index in [2.05, 4.69) is 236 Å². The minimum absolute atomic E-state index is 0.0102. The fourth-order valence-electron chi connectivity index (χ4n) is 26.0. The van der Waals surface area contributed by atoms with Crippen LogP contribution >= 0.6 is 0 Å². The highest BCUT2D eigenvalue weighted by Crippen LogP contribution is 2.47. The maximum absolute atomic E-state index is 13.8. The third-order valence-electron chi connectivity index (χ3n) is 28.2. The number of hydroxylamine groups is 4. The van der Waals surface area contributed by atoms with Crippen LogP contribution in [0.3, 0.4) is 0 Å². The molecule has 8 N–H and O–H groups in total. The van der Waals surface area contributed by atoms with Crippen LogP contribution < -0.4 is 21.3 Å². The lowest BCUT2D eigenvalue weighted by Gasteiger charge is -2.54. The smallest absolute Gasteiger partial charge is 0.325 e. The third-order valence-corrected chi connectivity index (χ3v) is 28.2. The van der Waals surface area contributed by atoms with Gasteiger partial charge in [0, 0.05) is 147 Å². The van der Waals surface area contributed by atoms with E-state index in [-0.39, 0.29) is 144 Å². The number of hydrogen-bond acceptors (Lipinski definition) is 20. The van der Waals surface area contributed by atoms with Crippen molar-refractivity contribution in [2.24, 2.45) is 22.7 Å². The van der Waals surface area contributed by atoms with Gasteiger partial charge in [-0.25, -0.2) is 9.59 Å². The Morgan fingerprint density at radius 3 is 1.00 bits per heavy atom. The largest absolute Gasteiger partial charge is 0.497 e. The quantitative estimate of drug-likeness (QED) is 0.0204. The molecule has 0 bridgehead atoms. The minimum atomic E-state index is -0.318. The molecule has 11 aliphatic heterocycles. The van der Waals surface area contributed by atoms with Gasteiger partial charge in [0.15, 0.2) is 12.3 Å². The zero-order valence-corrected chi connectivity index (χ0v) is 86.3. The van der Waals surface area contributed by atoms with Gasteiger partial charge >= 0.3 is 18.0 Å². The second-order valence-corrected chi connectivity index (χ2v) is 52.4. The van der Waals surface area contributed by atoms with Crippen molar-refractivity contribution >= 4 is 30.9 Å². The number of aliphatic hydroxyl groups excluding tert-OH is 2. The summed E-state index contributed by atoms with van der Waals surface area (Å²) in [6.07, 6.45) is 19.9. The van der Waals surface area contributed by atoms with Gasteiger partial charge in [0.25, 0.3) is 0 Å². The maximum Gasteiger partial charge on any atom is 0.325 e. The van der Waals surface area contributed by atoms with Gasteiger partial charge < -0.3 is 61.2 Å². The van der Waals surface area contributed by atoms with E-state index in [0.717, 1.165) is 141 Å². The summed E-state index contributed by atoms with van der Waals surface area (Å²) in [5.74, 6) is 1.74. The summed E-state index contributed by atoms with van der Waals surface area (Å²) in [5, 5.41) is 56.4. The molecule has 0 saturated carbocycles. The number of hydrogen-bond donors (Lipinski definition) is 8. The lowest BCUT2D eigenvalue weighted by atomic mass is 9.78. The van der Waals surface area contributed by atoms with Crippen LogP contribution in [0, 0.1) is 22.7 Å². The number of amides is 6. The number of nitrogens with zero attached hydrogens (tertiary/aromatic N) is 11. The fraction of sp³-hybridized carbons (Fsp3) is 0.929. The van der Waals surface area contributed by atoms with E-state index in [1.165, 1.54) is 10.1 Å². The molecule has 11 aliphatic rings. The predicted octanol–water partition coefficient (Wildman–Crippen LogP) is 16.7. The van der Waals surface area contributed by atoms with Gasteiger partial charge in [-0.3, -0.25) is 48.7 Å². The molecule has 11 rings (SSSR count). The Morgan fingerprint density at radius 2 is 0.720 bits per heavy atom. The predicted molar refractivity (Wildman–Crippen MR) is 504 cm³/mol. The van der Waals surface area contributed by atoms with Crippen molar-refractivity contribution in [3.63, 3.8) is 0 Å². The molecular weight excluding hydrogens is 1580 g/mol. The van der Waals surface area contributed by atoms with Crippen LogP contribution in [-0.4, -0.2) is 291 Å². The second-order valence-electron chi connectivity index (χ2n) is 52.4. The number of carbonyl (C=O) groups excluding carboxylic acids is 5. The van der Waals surface area contributed by atoms with Gasteiger partial charge in [-0.05, 0) is 326 Å². The molecule has 6 amide bonds. The first-order valence-corrected chi connectivity index (χ1v) is 48.3. The Morgan fingerprint density at radius 1 is 0.440 bits per heavy atom. The summed E-state index contributed by atoms with van der Waals surface area (Å²) in [7, 11) is 0. The molecule has 0 aromatic rings. The van der Waals surface area contributed by atoms with Crippen LogP contribution in [0.15, 0.2) is 12.3 Å². The van der Waals surface area contributed by atoms with Crippen LogP contribution in [0.1, 0.15) is 384 Å². The molecule has 26 heteroatoms. The number of ether oxygens (including phenoxy) is 2. The van der Waals surface area contributed by atoms with Gasteiger partial charge in [0.1, 0.15) is 12.7 Å². The number of aliphatic hydroxyl groups is 2. The Kier molecular flexibility index (Phi) is 34.2. The van der Waals surface area contributed by atoms with E-state index in [4.69, 9.17) is 9.47 Å². The SMILES string of the molecule is C=C(CC(C)CC(C)(C)C)OCCN1C(C)(C)CC(OC(=O)CC(C)CC(C)(C)C)CC1(C)C.CC1(C)CC(N(C=O)CCCCCN(C=O)C2CC(C)(C)NC(C)(C)C2)CC(C)(C)N1.CC1(C)CC(N2CN3C(=O)N4CN(C5CC(C)(C)NC(C)(C)C5)CN5C(=O)N(C2)C3C45)CC(C)(C)N1.CC1(C)CC(O)CC(C)(C)N1O.CC1(C)CC(O)CC(C)(C)N1O. The van der Waals surface area contributed by atoms with E-state index in [9.17, 15) is 44.6 Å². The van der Waals surface area contributed by atoms with Gasteiger partial charge in [0.05, 0.1) is 44.6 Å². The highest BCUT2D eigenvalue weighted by molar-refractivity contribution is 5.86. The highest BCUT2D eigenvalue weighted by Gasteiger charge is 2.65. The topological polar surface area (TPSA) is 268 Å². The van der Waals surface area contributed by atoms with Gasteiger partial charge in [-0.1, -0.05) is 62.0 Å². The van der Waals surface area contributed by atoms with Crippen LogP contribution in [-0.2, 0) is 23.9 Å². The average molecular weight is 1770 g/mol. The molecular formula is C99H189N15O11. The molecule has 726 valence electrons. The van der Waals surface area contributed by atoms with Crippen LogP contribution in [0.2, 0.25) is 0 Å². The number of nitrogens with one attached hydrogen (secondary N) is 4. The number of urea groups is 2. The van der Waals surface area contributed by atoms with Crippen LogP contribution in [0.25, 0.3) is 0 Å². The number of likely N-dealkylation sites (tertiary alicyclic amines) is 1. The number of esters is 1. The number of rotatable bonds is 23. The highest BCUT2D eigenvalue weighted by atomic mass is 16.5. The molecule has 0 aromatic carbocycles. The van der Waals surface area contributed by atoms with E-state index in [0.29, 0.717) is 94.7 Å². The Balaban J connectivity index is 0.000000227. The standard InChI is InChI=1S/C30H57NO3.C26H46N8O2.C25H48N4O2.2C9H19NO2/c1-22(18-27(4,5)6)16-24(3)33-15-14-31-29(10,11)20-25(21-30(31,12)13)34-26(32)17-23(2)19-28(7,8)9;1-23(2)9-17(10-24(3,4)27-23)29-13-31-19-20-33(21(31)35)15-30(16-34(20)22(36)32(19)14-29)18-11-25(5,6)28-26(7,8)12-18;1-22(2)14-20(15-23(3,4)26-22)28(18-30)12-10-9-11-13-29(19-31)21-16-24(5,6)27-25(7,8)17-21;2*1-8(2)5-7(11)6-9(3,4)10(8)12/h22-23,25H,3,14-21H2,1-2,4-13H3;17-20,27-28H,9-16H2,1-8H3;18-21,26-27H,9-17H2,1-8H3;2*7,11-12H,5-6H2,1-4H3. The first kappa shape index (κ1) is 108. The molecule has 11 fully saturated rings. The first-order valence-electron chi connectivity index (χ1n) is 48.3. The zero-order chi connectivity index (χ0) is 95.2. The maximum atomic E-state index is 13.8. The van der Waals surface area contributed by atoms with Crippen molar-refractivity contribution in [2.45, 2.75) is 516 Å². The number of allylic oxidation sites excluding steroid dienone is 1. The van der Waals surface area contributed by atoms with Crippen LogP contribution in [0.5, 0.6) is 0 Å². The molecule has 26 nitrogen and oxygen atoms in total. The summed E-state index contributed by atoms with van der Waals surface area (Å²) in [4.78, 5) is 83.1. The average Bonchev–Trinajstić information content (AvgIpc) is 1.54. The van der Waals surface area contributed by atoms with Crippen molar-refractivity contribution in [3.05, 3.63) is 12.3 Å². The summed E-state index contributed by atoms with van der Waals surface area (Å²) >= 11 is 0. The molecule has 11 heterocycles. The Bertz CT molecular complexity index is 3260. The second kappa shape index (κ2) is 39.6. The van der Waals surface area contributed by atoms with Gasteiger partial charge in [-0.2, -0.15) is 10.1 Å². The summed E-state index contributed by atoms with van der Waals surface area (Å²) in [5.41, 5.74) is -0.684.